The summed E-state index contributed by atoms with van der Waals surface area (Å²) in [6.07, 6.45) is 0. The van der Waals surface area contributed by atoms with Crippen LogP contribution in [0.2, 0.25) is 0 Å². The summed E-state index contributed by atoms with van der Waals surface area (Å²) in [4.78, 5) is 21.5. The minimum Gasteiger partial charge on any atom is -0.481 e. The van der Waals surface area contributed by atoms with Crippen LogP contribution in [-0.2, 0) is 9.53 Å². The van der Waals surface area contributed by atoms with Crippen LogP contribution >= 0.6 is 0 Å². The number of ether oxygens (including phenoxy) is 1. The van der Waals surface area contributed by atoms with Crippen molar-refractivity contribution in [2.24, 2.45) is 0 Å². The van der Waals surface area contributed by atoms with Crippen LogP contribution in [0.3, 0.4) is 0 Å². The van der Waals surface area contributed by atoms with Crippen LogP contribution < -0.4 is 0 Å². The molecule has 1 aromatic rings. The van der Waals surface area contributed by atoms with Crippen LogP contribution in [0.1, 0.15) is 29.2 Å². The molecule has 0 radical (unpaired) electrons. The van der Waals surface area contributed by atoms with Crippen LogP contribution in [0.15, 0.2) is 16.5 Å². The Bertz CT molecular complexity index is 352. The summed E-state index contributed by atoms with van der Waals surface area (Å²) in [6.45, 7) is 1.47. The fraction of sp³-hybridized carbons (Fsp3) is 0.333. The van der Waals surface area contributed by atoms with Gasteiger partial charge in [-0.2, -0.15) is 0 Å². The van der Waals surface area contributed by atoms with E-state index in [2.05, 4.69) is 4.74 Å². The minimum absolute atomic E-state index is 0.00981. The molecule has 0 spiro atoms. The van der Waals surface area contributed by atoms with E-state index in [9.17, 15) is 9.59 Å². The first-order chi connectivity index (χ1) is 6.56. The number of hydrogen-bond acceptors (Lipinski definition) is 4. The quantitative estimate of drug-likeness (QED) is 0.739. The number of esters is 1. The largest absolute Gasteiger partial charge is 0.481 e. The van der Waals surface area contributed by atoms with Crippen LogP contribution in [0.4, 0.5) is 0 Å². The SMILES string of the molecule is COC(=O)c1ccc(C(C)C(=O)O)o1. The van der Waals surface area contributed by atoms with Gasteiger partial charge in [-0.15, -0.1) is 0 Å². The van der Waals surface area contributed by atoms with Gasteiger partial charge in [0.25, 0.3) is 0 Å². The van der Waals surface area contributed by atoms with Crippen molar-refractivity contribution in [2.45, 2.75) is 12.8 Å². The summed E-state index contributed by atoms with van der Waals surface area (Å²) in [5.74, 6) is -2.15. The van der Waals surface area contributed by atoms with Crippen molar-refractivity contribution >= 4 is 11.9 Å². The molecule has 14 heavy (non-hydrogen) atoms. The molecule has 0 aliphatic heterocycles. The monoisotopic (exact) mass is 198 g/mol. The van der Waals surface area contributed by atoms with Crippen molar-refractivity contribution in [2.75, 3.05) is 7.11 Å². The maximum atomic E-state index is 11.0. The molecule has 1 N–H and O–H groups in total. The molecule has 1 aromatic heterocycles. The molecule has 1 unspecified atom stereocenters. The Morgan fingerprint density at radius 1 is 1.50 bits per heavy atom. The zero-order valence-corrected chi connectivity index (χ0v) is 7.81. The summed E-state index contributed by atoms with van der Waals surface area (Å²) < 4.78 is 9.41. The first-order valence-corrected chi connectivity index (χ1v) is 3.97. The lowest BCUT2D eigenvalue weighted by molar-refractivity contribution is -0.138. The lowest BCUT2D eigenvalue weighted by Crippen LogP contribution is -2.06. The van der Waals surface area contributed by atoms with Gasteiger partial charge in [-0.3, -0.25) is 4.79 Å². The molecule has 1 rings (SSSR count). The molecule has 0 saturated carbocycles. The molecular formula is C9H10O5. The Morgan fingerprint density at radius 3 is 2.64 bits per heavy atom. The summed E-state index contributed by atoms with van der Waals surface area (Å²) in [7, 11) is 1.23. The molecule has 76 valence electrons. The average Bonchev–Trinajstić information content (AvgIpc) is 2.64. The van der Waals surface area contributed by atoms with Gasteiger partial charge >= 0.3 is 11.9 Å². The van der Waals surface area contributed by atoms with Crippen molar-refractivity contribution in [1.29, 1.82) is 0 Å². The predicted octanol–water partition coefficient (Wildman–Crippen LogP) is 1.25. The Hall–Kier alpha value is -1.78. The van der Waals surface area contributed by atoms with E-state index in [0.29, 0.717) is 0 Å². The van der Waals surface area contributed by atoms with Gasteiger partial charge in [-0.1, -0.05) is 0 Å². The number of carboxylic acids is 1. The van der Waals surface area contributed by atoms with Gasteiger partial charge in [-0.05, 0) is 19.1 Å². The molecule has 0 aliphatic carbocycles. The second kappa shape index (κ2) is 3.95. The maximum Gasteiger partial charge on any atom is 0.373 e. The van der Waals surface area contributed by atoms with E-state index in [1.54, 1.807) is 0 Å². The van der Waals surface area contributed by atoms with E-state index in [0.717, 1.165) is 0 Å². The number of methoxy groups -OCH3 is 1. The molecule has 0 bridgehead atoms. The van der Waals surface area contributed by atoms with Gasteiger partial charge in [0, 0.05) is 0 Å². The average molecular weight is 198 g/mol. The van der Waals surface area contributed by atoms with E-state index in [4.69, 9.17) is 9.52 Å². The third-order valence-corrected chi connectivity index (χ3v) is 1.81. The van der Waals surface area contributed by atoms with E-state index in [-0.39, 0.29) is 11.5 Å². The minimum atomic E-state index is -1.00. The number of carbonyl (C=O) groups is 2. The lowest BCUT2D eigenvalue weighted by Gasteiger charge is -2.00. The number of carboxylic acid groups (broad SMARTS) is 1. The Labute approximate surface area is 80.3 Å². The molecule has 0 amide bonds. The van der Waals surface area contributed by atoms with E-state index in [1.165, 1.54) is 26.2 Å². The van der Waals surface area contributed by atoms with E-state index >= 15 is 0 Å². The molecule has 0 saturated heterocycles. The molecular weight excluding hydrogens is 188 g/mol. The van der Waals surface area contributed by atoms with Gasteiger partial charge < -0.3 is 14.3 Å². The number of rotatable bonds is 3. The van der Waals surface area contributed by atoms with Gasteiger partial charge in [0.05, 0.1) is 7.11 Å². The van der Waals surface area contributed by atoms with Crippen LogP contribution in [0, 0.1) is 0 Å². The molecule has 0 aliphatic rings. The fourth-order valence-electron chi connectivity index (χ4n) is 0.918. The molecule has 5 nitrogen and oxygen atoms in total. The van der Waals surface area contributed by atoms with Gasteiger partial charge in [0.1, 0.15) is 11.7 Å². The normalized spacial score (nSPS) is 12.1. The maximum absolute atomic E-state index is 11.0. The number of aliphatic carboxylic acids is 1. The standard InChI is InChI=1S/C9H10O5/c1-5(8(10)11)6-3-4-7(14-6)9(12)13-2/h3-5H,1-2H3,(H,10,11). The van der Waals surface area contributed by atoms with Crippen LogP contribution in [-0.4, -0.2) is 24.2 Å². The number of furan rings is 1. The van der Waals surface area contributed by atoms with Crippen molar-refractivity contribution < 1.29 is 23.8 Å². The Morgan fingerprint density at radius 2 is 2.14 bits per heavy atom. The number of carbonyl (C=O) groups excluding carboxylic acids is 1. The van der Waals surface area contributed by atoms with Crippen molar-refractivity contribution in [3.63, 3.8) is 0 Å². The second-order valence-electron chi connectivity index (χ2n) is 2.75. The van der Waals surface area contributed by atoms with Gasteiger partial charge in [0.2, 0.25) is 5.76 Å². The van der Waals surface area contributed by atoms with E-state index in [1.807, 2.05) is 0 Å². The summed E-state index contributed by atoms with van der Waals surface area (Å²) in [5.41, 5.74) is 0. The zero-order valence-electron chi connectivity index (χ0n) is 7.81. The number of hydrogen-bond donors (Lipinski definition) is 1. The Balaban J connectivity index is 2.88. The highest BCUT2D eigenvalue weighted by Gasteiger charge is 2.19. The fourth-order valence-corrected chi connectivity index (χ4v) is 0.918. The van der Waals surface area contributed by atoms with E-state index < -0.39 is 17.9 Å². The summed E-state index contributed by atoms with van der Waals surface area (Å²) >= 11 is 0. The van der Waals surface area contributed by atoms with Crippen molar-refractivity contribution in [3.8, 4) is 0 Å². The highest BCUT2D eigenvalue weighted by atomic mass is 16.5. The van der Waals surface area contributed by atoms with Gasteiger partial charge in [0.15, 0.2) is 0 Å². The highest BCUT2D eigenvalue weighted by Crippen LogP contribution is 2.18. The highest BCUT2D eigenvalue weighted by molar-refractivity contribution is 5.86. The third-order valence-electron chi connectivity index (χ3n) is 1.81. The van der Waals surface area contributed by atoms with Crippen molar-refractivity contribution in [3.05, 3.63) is 23.7 Å². The molecule has 1 atom stereocenters. The topological polar surface area (TPSA) is 76.7 Å². The first-order valence-electron chi connectivity index (χ1n) is 3.97. The molecule has 5 heteroatoms. The third kappa shape index (κ3) is 1.93. The lowest BCUT2D eigenvalue weighted by atomic mass is 10.1. The molecule has 0 aromatic carbocycles. The van der Waals surface area contributed by atoms with Crippen LogP contribution in [0.5, 0.6) is 0 Å². The molecule has 1 heterocycles. The van der Waals surface area contributed by atoms with Crippen LogP contribution in [0.25, 0.3) is 0 Å². The van der Waals surface area contributed by atoms with Crippen molar-refractivity contribution in [1.82, 2.24) is 0 Å². The Kier molecular flexibility index (Phi) is 2.91. The zero-order chi connectivity index (χ0) is 10.7. The first kappa shape index (κ1) is 10.3. The second-order valence-corrected chi connectivity index (χ2v) is 2.75. The molecule has 0 fully saturated rings. The summed E-state index contributed by atoms with van der Waals surface area (Å²) in [6, 6.07) is 2.84. The smallest absolute Gasteiger partial charge is 0.373 e. The van der Waals surface area contributed by atoms with Gasteiger partial charge in [-0.25, -0.2) is 4.79 Å². The predicted molar refractivity (Wildman–Crippen MR) is 46.1 cm³/mol. The summed E-state index contributed by atoms with van der Waals surface area (Å²) in [5, 5.41) is 8.66.